The van der Waals surface area contributed by atoms with Gasteiger partial charge in [0.1, 0.15) is 0 Å². The molecule has 0 fully saturated rings. The average molecular weight is 487 g/mol. The summed E-state index contributed by atoms with van der Waals surface area (Å²) in [6.07, 6.45) is 1.56. The van der Waals surface area contributed by atoms with Crippen molar-refractivity contribution in [2.75, 3.05) is 22.5 Å². The van der Waals surface area contributed by atoms with Crippen molar-refractivity contribution in [3.05, 3.63) is 89.5 Å². The van der Waals surface area contributed by atoms with Gasteiger partial charge in [-0.15, -0.1) is 11.6 Å². The topological polar surface area (TPSA) is 95.5 Å². The lowest BCUT2D eigenvalue weighted by atomic mass is 9.96. The summed E-state index contributed by atoms with van der Waals surface area (Å²) in [7, 11) is -3.95. The number of carbonyl (C=O) groups is 1. The van der Waals surface area contributed by atoms with E-state index >= 15 is 0 Å². The Labute approximate surface area is 199 Å². The fourth-order valence-corrected chi connectivity index (χ4v) is 4.87. The van der Waals surface area contributed by atoms with E-state index in [-0.39, 0.29) is 16.4 Å². The van der Waals surface area contributed by atoms with Gasteiger partial charge in [0.05, 0.1) is 10.5 Å². The Hall–Kier alpha value is -3.03. The minimum absolute atomic E-state index is 0.0847. The molecule has 0 saturated heterocycles. The number of aryl methyl sites for hydroxylation is 1. The maximum Gasteiger partial charge on any atom is 0.337 e. The molecule has 0 aliphatic carbocycles. The van der Waals surface area contributed by atoms with Crippen molar-refractivity contribution in [1.29, 1.82) is 0 Å². The van der Waals surface area contributed by atoms with Crippen LogP contribution in [0.1, 0.15) is 40.7 Å². The number of anilines is 2. The van der Waals surface area contributed by atoms with Gasteiger partial charge in [-0.25, -0.2) is 13.2 Å². The summed E-state index contributed by atoms with van der Waals surface area (Å²) in [4.78, 5) is 11.8. The van der Waals surface area contributed by atoms with E-state index in [1.165, 1.54) is 18.2 Å². The lowest BCUT2D eigenvalue weighted by molar-refractivity contribution is 0.0697. The number of hydrogen-bond acceptors (Lipinski definition) is 4. The van der Waals surface area contributed by atoms with Crippen molar-refractivity contribution in [3.63, 3.8) is 0 Å². The molecule has 6 nitrogen and oxygen atoms in total. The number of alkyl halides is 1. The highest BCUT2D eigenvalue weighted by atomic mass is 35.5. The third kappa shape index (κ3) is 6.49. The third-order valence-electron chi connectivity index (χ3n) is 5.41. The van der Waals surface area contributed by atoms with E-state index in [4.69, 9.17) is 11.6 Å². The van der Waals surface area contributed by atoms with Crippen molar-refractivity contribution >= 4 is 39.0 Å². The van der Waals surface area contributed by atoms with Crippen molar-refractivity contribution in [1.82, 2.24) is 0 Å². The lowest BCUT2D eigenvalue weighted by Crippen LogP contribution is -2.17. The van der Waals surface area contributed by atoms with Gasteiger partial charge in [-0.05, 0) is 54.3 Å². The molecule has 33 heavy (non-hydrogen) atoms. The van der Waals surface area contributed by atoms with E-state index in [9.17, 15) is 18.3 Å². The molecule has 1 unspecified atom stereocenters. The first-order valence-corrected chi connectivity index (χ1v) is 12.7. The highest BCUT2D eigenvalue weighted by Crippen LogP contribution is 2.26. The SMILES string of the molecule is CCc1ccc(NS(=O)(=O)c2ccc(NCC(CCCl)c3ccccc3)c(C(=O)O)c2)cc1. The molecule has 0 heterocycles. The Morgan fingerprint density at radius 1 is 1.03 bits per heavy atom. The molecule has 8 heteroatoms. The van der Waals surface area contributed by atoms with Crippen LogP contribution in [0.5, 0.6) is 0 Å². The van der Waals surface area contributed by atoms with Gasteiger partial charge in [-0.1, -0.05) is 49.4 Å². The molecule has 3 aromatic rings. The number of halogens is 1. The molecule has 0 amide bonds. The third-order valence-corrected chi connectivity index (χ3v) is 7.01. The summed E-state index contributed by atoms with van der Waals surface area (Å²) in [6, 6.07) is 21.0. The molecular weight excluding hydrogens is 460 g/mol. The van der Waals surface area contributed by atoms with Gasteiger partial charge in [-0.2, -0.15) is 0 Å². The molecule has 0 saturated carbocycles. The van der Waals surface area contributed by atoms with Crippen LogP contribution in [-0.2, 0) is 16.4 Å². The summed E-state index contributed by atoms with van der Waals surface area (Å²) in [5.41, 5.74) is 2.84. The summed E-state index contributed by atoms with van der Waals surface area (Å²) >= 11 is 5.97. The summed E-state index contributed by atoms with van der Waals surface area (Å²) < 4.78 is 28.2. The Balaban J connectivity index is 1.81. The maximum atomic E-state index is 12.8. The van der Waals surface area contributed by atoms with Crippen LogP contribution in [0, 0.1) is 0 Å². The minimum Gasteiger partial charge on any atom is -0.478 e. The molecule has 0 bridgehead atoms. The molecule has 0 aliphatic rings. The van der Waals surface area contributed by atoms with E-state index in [2.05, 4.69) is 10.0 Å². The van der Waals surface area contributed by atoms with E-state index in [0.717, 1.165) is 17.5 Å². The molecule has 174 valence electrons. The molecule has 3 N–H and O–H groups in total. The predicted octanol–water partition coefficient (Wildman–Crippen LogP) is 5.57. The molecule has 1 atom stereocenters. The molecule has 0 aromatic heterocycles. The van der Waals surface area contributed by atoms with Crippen LogP contribution in [0.3, 0.4) is 0 Å². The molecule has 3 aromatic carbocycles. The molecule has 0 spiro atoms. The minimum atomic E-state index is -3.95. The Bertz CT molecular complexity index is 1180. The van der Waals surface area contributed by atoms with Gasteiger partial charge in [0.2, 0.25) is 0 Å². The number of carboxylic acids is 1. The molecule has 0 aliphatic heterocycles. The largest absolute Gasteiger partial charge is 0.478 e. The fraction of sp³-hybridized carbons (Fsp3) is 0.240. The Morgan fingerprint density at radius 2 is 1.73 bits per heavy atom. The molecular formula is C25H27ClN2O4S. The number of benzene rings is 3. The zero-order valence-electron chi connectivity index (χ0n) is 18.3. The highest BCUT2D eigenvalue weighted by Gasteiger charge is 2.20. The monoisotopic (exact) mass is 486 g/mol. The van der Waals surface area contributed by atoms with Gasteiger partial charge in [-0.3, -0.25) is 4.72 Å². The average Bonchev–Trinajstić information content (AvgIpc) is 2.82. The first kappa shape index (κ1) is 24.6. The van der Waals surface area contributed by atoms with Crippen molar-refractivity contribution < 1.29 is 18.3 Å². The lowest BCUT2D eigenvalue weighted by Gasteiger charge is -2.19. The van der Waals surface area contributed by atoms with Gasteiger partial charge >= 0.3 is 5.97 Å². The normalized spacial score (nSPS) is 12.2. The smallest absolute Gasteiger partial charge is 0.337 e. The number of rotatable bonds is 11. The number of hydrogen-bond donors (Lipinski definition) is 3. The summed E-state index contributed by atoms with van der Waals surface area (Å²) in [6.45, 7) is 2.48. The van der Waals surface area contributed by atoms with Crippen LogP contribution in [-0.4, -0.2) is 31.9 Å². The quantitative estimate of drug-likeness (QED) is 0.308. The van der Waals surface area contributed by atoms with E-state index < -0.39 is 16.0 Å². The number of nitrogens with one attached hydrogen (secondary N) is 2. The fourth-order valence-electron chi connectivity index (χ4n) is 3.52. The van der Waals surface area contributed by atoms with Gasteiger partial charge in [0, 0.05) is 29.7 Å². The standard InChI is InChI=1S/C25H27ClN2O4S/c1-2-18-8-10-21(11-9-18)28-33(31,32)22-12-13-24(23(16-22)25(29)30)27-17-20(14-15-26)19-6-4-3-5-7-19/h3-13,16,20,27-28H,2,14-15,17H2,1H3,(H,29,30). The van der Waals surface area contributed by atoms with Gasteiger partial charge in [0.25, 0.3) is 10.0 Å². The van der Waals surface area contributed by atoms with E-state index in [1.807, 2.05) is 49.4 Å². The van der Waals surface area contributed by atoms with Crippen LogP contribution < -0.4 is 10.0 Å². The second-order valence-corrected chi connectivity index (χ2v) is 9.70. The Kier molecular flexibility index (Phi) is 8.36. The predicted molar refractivity (Wildman–Crippen MR) is 133 cm³/mol. The maximum absolute atomic E-state index is 12.8. The van der Waals surface area contributed by atoms with Crippen LogP contribution in [0.15, 0.2) is 77.7 Å². The second kappa shape index (κ2) is 11.2. The highest BCUT2D eigenvalue weighted by molar-refractivity contribution is 7.92. The first-order chi connectivity index (χ1) is 15.8. The van der Waals surface area contributed by atoms with Crippen LogP contribution in [0.2, 0.25) is 0 Å². The van der Waals surface area contributed by atoms with Gasteiger partial charge in [0.15, 0.2) is 0 Å². The first-order valence-electron chi connectivity index (χ1n) is 10.7. The van der Waals surface area contributed by atoms with Crippen molar-refractivity contribution in [2.45, 2.75) is 30.6 Å². The zero-order chi connectivity index (χ0) is 23.8. The second-order valence-electron chi connectivity index (χ2n) is 7.63. The molecule has 0 radical (unpaired) electrons. The number of carboxylic acid groups (broad SMARTS) is 1. The Morgan fingerprint density at radius 3 is 2.33 bits per heavy atom. The number of aromatic carboxylic acids is 1. The number of sulfonamides is 1. The van der Waals surface area contributed by atoms with Crippen LogP contribution in [0.25, 0.3) is 0 Å². The van der Waals surface area contributed by atoms with Crippen molar-refractivity contribution in [3.8, 4) is 0 Å². The van der Waals surface area contributed by atoms with E-state index in [0.29, 0.717) is 30.2 Å². The zero-order valence-corrected chi connectivity index (χ0v) is 19.9. The molecule has 3 rings (SSSR count). The van der Waals surface area contributed by atoms with Crippen LogP contribution in [0.4, 0.5) is 11.4 Å². The summed E-state index contributed by atoms with van der Waals surface area (Å²) in [5.74, 6) is -0.660. The van der Waals surface area contributed by atoms with Crippen LogP contribution >= 0.6 is 11.6 Å². The summed E-state index contributed by atoms with van der Waals surface area (Å²) in [5, 5.41) is 12.9. The van der Waals surface area contributed by atoms with Gasteiger partial charge < -0.3 is 10.4 Å². The van der Waals surface area contributed by atoms with E-state index in [1.54, 1.807) is 12.1 Å². The van der Waals surface area contributed by atoms with Crippen molar-refractivity contribution in [2.24, 2.45) is 0 Å².